The number of ether oxygens (including phenoxy) is 2. The molecular formula is C32H51O8P. The number of carbonyl (C=O) groups is 2. The molecule has 1 unspecified atom stereocenters. The first-order valence-electron chi connectivity index (χ1n) is 14.8. The number of esters is 2. The molecule has 0 radical (unpaired) electrons. The summed E-state index contributed by atoms with van der Waals surface area (Å²) in [4.78, 5) is 42.3. The van der Waals surface area contributed by atoms with Gasteiger partial charge in [-0.15, -0.1) is 0 Å². The predicted octanol–water partition coefficient (Wildman–Crippen LogP) is 8.00. The third kappa shape index (κ3) is 30.3. The van der Waals surface area contributed by atoms with E-state index in [1.807, 2.05) is 54.7 Å². The Labute approximate surface area is 247 Å². The van der Waals surface area contributed by atoms with E-state index in [1.165, 1.54) is 12.8 Å². The molecule has 0 aromatic rings. The molecule has 8 nitrogen and oxygen atoms in total. The number of hydrogen-bond donors (Lipinski definition) is 2. The number of phosphoric acid groups is 1. The lowest BCUT2D eigenvalue weighted by Gasteiger charge is -2.18. The summed E-state index contributed by atoms with van der Waals surface area (Å²) in [6.07, 6.45) is 33.6. The normalized spacial score (nSPS) is 13.6. The van der Waals surface area contributed by atoms with Crippen LogP contribution in [0.25, 0.3) is 0 Å². The molecular weight excluding hydrogens is 543 g/mol. The highest BCUT2D eigenvalue weighted by Crippen LogP contribution is 2.35. The fourth-order valence-electron chi connectivity index (χ4n) is 3.38. The molecule has 0 rings (SSSR count). The largest absolute Gasteiger partial charge is 0.469 e. The van der Waals surface area contributed by atoms with Crippen LogP contribution in [-0.4, -0.2) is 41.0 Å². The van der Waals surface area contributed by atoms with Crippen molar-refractivity contribution in [2.75, 3.05) is 13.2 Å². The summed E-state index contributed by atoms with van der Waals surface area (Å²) in [5.74, 6) is -1.00. The van der Waals surface area contributed by atoms with Crippen molar-refractivity contribution < 1.29 is 37.9 Å². The number of unbranched alkanes of at least 4 members (excludes halogenated alkanes) is 7. The molecule has 0 saturated carbocycles. The van der Waals surface area contributed by atoms with Gasteiger partial charge in [-0.3, -0.25) is 14.1 Å². The zero-order valence-corrected chi connectivity index (χ0v) is 25.8. The molecule has 0 amide bonds. The Hall–Kier alpha value is -2.51. The minimum absolute atomic E-state index is 0.109. The van der Waals surface area contributed by atoms with Crippen molar-refractivity contribution in [3.05, 3.63) is 72.9 Å². The van der Waals surface area contributed by atoms with E-state index < -0.39 is 32.5 Å². The Morgan fingerprint density at radius 1 is 0.659 bits per heavy atom. The molecule has 0 heterocycles. The molecule has 0 aromatic carbocycles. The highest BCUT2D eigenvalue weighted by atomic mass is 31.2. The van der Waals surface area contributed by atoms with Gasteiger partial charge < -0.3 is 19.3 Å². The van der Waals surface area contributed by atoms with Crippen LogP contribution in [0.2, 0.25) is 0 Å². The Morgan fingerprint density at radius 3 is 1.85 bits per heavy atom. The average molecular weight is 595 g/mol. The molecule has 0 spiro atoms. The Morgan fingerprint density at radius 2 is 1.22 bits per heavy atom. The maximum absolute atomic E-state index is 12.2. The molecule has 0 aromatic heterocycles. The van der Waals surface area contributed by atoms with Crippen LogP contribution in [0.3, 0.4) is 0 Å². The fourth-order valence-corrected chi connectivity index (χ4v) is 3.74. The van der Waals surface area contributed by atoms with Crippen LogP contribution in [0.4, 0.5) is 0 Å². The Kier molecular flexibility index (Phi) is 26.0. The van der Waals surface area contributed by atoms with Crippen molar-refractivity contribution in [1.82, 2.24) is 0 Å². The van der Waals surface area contributed by atoms with Gasteiger partial charge in [-0.1, -0.05) is 112 Å². The molecule has 0 aliphatic rings. The van der Waals surface area contributed by atoms with Crippen molar-refractivity contribution in [1.29, 1.82) is 0 Å². The van der Waals surface area contributed by atoms with Gasteiger partial charge in [0.15, 0.2) is 6.10 Å². The summed E-state index contributed by atoms with van der Waals surface area (Å²) < 4.78 is 26.0. The smallest absolute Gasteiger partial charge is 0.462 e. The highest BCUT2D eigenvalue weighted by molar-refractivity contribution is 7.46. The van der Waals surface area contributed by atoms with E-state index in [-0.39, 0.29) is 19.4 Å². The molecule has 2 N–H and O–H groups in total. The van der Waals surface area contributed by atoms with Crippen molar-refractivity contribution in [3.8, 4) is 0 Å². The molecule has 0 aliphatic carbocycles. The van der Waals surface area contributed by atoms with Crippen molar-refractivity contribution in [3.63, 3.8) is 0 Å². The molecule has 0 fully saturated rings. The minimum Gasteiger partial charge on any atom is -0.462 e. The maximum Gasteiger partial charge on any atom is 0.469 e. The average Bonchev–Trinajstić information content (AvgIpc) is 2.93. The first-order valence-corrected chi connectivity index (χ1v) is 16.3. The number of phosphoric ester groups is 1. The van der Waals surface area contributed by atoms with E-state index >= 15 is 0 Å². The molecule has 9 heteroatoms. The van der Waals surface area contributed by atoms with Gasteiger partial charge in [0.1, 0.15) is 6.61 Å². The molecule has 0 saturated heterocycles. The zero-order chi connectivity index (χ0) is 30.4. The lowest BCUT2D eigenvalue weighted by Crippen LogP contribution is -2.29. The summed E-state index contributed by atoms with van der Waals surface area (Å²) in [6.45, 7) is 3.36. The van der Waals surface area contributed by atoms with Gasteiger partial charge in [0.25, 0.3) is 0 Å². The monoisotopic (exact) mass is 594 g/mol. The van der Waals surface area contributed by atoms with Crippen molar-refractivity contribution >= 4 is 19.8 Å². The lowest BCUT2D eigenvalue weighted by atomic mass is 10.1. The maximum atomic E-state index is 12.2. The van der Waals surface area contributed by atoms with Gasteiger partial charge in [-0.05, 0) is 44.9 Å². The van der Waals surface area contributed by atoms with E-state index in [1.54, 1.807) is 0 Å². The van der Waals surface area contributed by atoms with E-state index in [2.05, 4.69) is 36.6 Å². The minimum atomic E-state index is -4.76. The van der Waals surface area contributed by atoms with Crippen molar-refractivity contribution in [2.45, 2.75) is 103 Å². The van der Waals surface area contributed by atoms with Crippen LogP contribution in [0.15, 0.2) is 72.9 Å². The number of rotatable bonds is 25. The zero-order valence-electron chi connectivity index (χ0n) is 24.9. The van der Waals surface area contributed by atoms with Gasteiger partial charge in [-0.2, -0.15) is 0 Å². The molecule has 0 aliphatic heterocycles. The van der Waals surface area contributed by atoms with Gasteiger partial charge in [0.2, 0.25) is 0 Å². The second kappa shape index (κ2) is 27.6. The highest BCUT2D eigenvalue weighted by Gasteiger charge is 2.22. The van der Waals surface area contributed by atoms with Gasteiger partial charge in [0, 0.05) is 12.8 Å². The fraction of sp³-hybridized carbons (Fsp3) is 0.562. The number of carbonyl (C=O) groups excluding carboxylic acids is 2. The summed E-state index contributed by atoms with van der Waals surface area (Å²) in [5, 5.41) is 0. The molecule has 41 heavy (non-hydrogen) atoms. The molecule has 232 valence electrons. The van der Waals surface area contributed by atoms with Crippen LogP contribution in [0, 0.1) is 0 Å². The van der Waals surface area contributed by atoms with Crippen LogP contribution in [0.1, 0.15) is 97.3 Å². The van der Waals surface area contributed by atoms with E-state index in [4.69, 9.17) is 19.3 Å². The predicted molar refractivity (Wildman–Crippen MR) is 165 cm³/mol. The Bertz CT molecular complexity index is 895. The quantitative estimate of drug-likeness (QED) is 0.0359. The van der Waals surface area contributed by atoms with E-state index in [0.29, 0.717) is 19.3 Å². The van der Waals surface area contributed by atoms with Crippen LogP contribution < -0.4 is 0 Å². The first-order chi connectivity index (χ1) is 19.8. The summed E-state index contributed by atoms with van der Waals surface area (Å²) in [5.41, 5.74) is 0. The second-order valence-corrected chi connectivity index (χ2v) is 10.7. The van der Waals surface area contributed by atoms with Crippen LogP contribution in [0.5, 0.6) is 0 Å². The third-order valence-corrected chi connectivity index (χ3v) is 6.07. The van der Waals surface area contributed by atoms with E-state index in [9.17, 15) is 14.2 Å². The van der Waals surface area contributed by atoms with Gasteiger partial charge in [0.05, 0.1) is 6.61 Å². The Balaban J connectivity index is 4.28. The second-order valence-electron chi connectivity index (χ2n) is 9.46. The molecule has 1 atom stereocenters. The standard InChI is InChI=1S/C32H51O8P/c1-3-5-7-9-11-13-15-16-17-19-21-23-25-27-32(34)40-30(29-39-41(35,36)37)28-38-31(33)26-24-22-20-18-14-12-10-8-6-4-2/h5,7,9-13,15-17,19,21,30H,3-4,6,8,14,18,20,22-29H2,1-2H3,(H2,35,36,37)/b7-5+,11-9+,12-10+,15-13+,17-16+,21-19+. The SMILES string of the molecule is CC/C=C/C=C/C=C/C=C/C=C/CCCC(=O)OC(COC(=O)CCCCCC/C=C/CCCC)COP(=O)(O)O. The van der Waals surface area contributed by atoms with Crippen LogP contribution in [-0.2, 0) is 28.2 Å². The first kappa shape index (κ1) is 38.5. The number of hydrogen-bond acceptors (Lipinski definition) is 6. The van der Waals surface area contributed by atoms with Gasteiger partial charge in [-0.25, -0.2) is 4.57 Å². The molecule has 0 bridgehead atoms. The summed E-state index contributed by atoms with van der Waals surface area (Å²) in [6, 6.07) is 0. The van der Waals surface area contributed by atoms with E-state index in [0.717, 1.165) is 38.5 Å². The summed E-state index contributed by atoms with van der Waals surface area (Å²) in [7, 11) is -4.76. The van der Waals surface area contributed by atoms with Crippen LogP contribution >= 0.6 is 7.82 Å². The summed E-state index contributed by atoms with van der Waals surface area (Å²) >= 11 is 0. The third-order valence-electron chi connectivity index (χ3n) is 5.59. The van der Waals surface area contributed by atoms with Crippen molar-refractivity contribution in [2.24, 2.45) is 0 Å². The van der Waals surface area contributed by atoms with Gasteiger partial charge >= 0.3 is 19.8 Å². The topological polar surface area (TPSA) is 119 Å². The number of allylic oxidation sites excluding steroid dienone is 12. The lowest BCUT2D eigenvalue weighted by molar-refractivity contribution is -0.161.